The number of halogens is 3. The number of benzene rings is 1. The summed E-state index contributed by atoms with van der Waals surface area (Å²) in [6.07, 6.45) is -0.457. The maximum absolute atomic E-state index is 13.4. The third-order valence-corrected chi connectivity index (χ3v) is 7.59. The molecule has 6 nitrogen and oxygen atoms in total. The second kappa shape index (κ2) is 10.8. The largest absolute Gasteiger partial charge is 0.416 e. The van der Waals surface area contributed by atoms with E-state index in [1.54, 1.807) is 17.0 Å². The average molecular weight is 508 g/mol. The van der Waals surface area contributed by atoms with E-state index in [-0.39, 0.29) is 29.2 Å². The number of thiophene rings is 1. The highest BCUT2D eigenvalue weighted by Crippen LogP contribution is 2.30. The van der Waals surface area contributed by atoms with Crippen molar-refractivity contribution in [2.24, 2.45) is 5.92 Å². The Labute approximate surface area is 206 Å². The van der Waals surface area contributed by atoms with Crippen LogP contribution in [0.4, 0.5) is 13.2 Å². The van der Waals surface area contributed by atoms with Crippen molar-refractivity contribution in [3.05, 3.63) is 57.8 Å². The van der Waals surface area contributed by atoms with Crippen molar-refractivity contribution in [1.29, 1.82) is 0 Å². The molecule has 2 aliphatic heterocycles. The van der Waals surface area contributed by atoms with E-state index in [1.807, 2.05) is 10.3 Å². The molecule has 1 atom stereocenters. The highest BCUT2D eigenvalue weighted by Gasteiger charge is 2.37. The molecule has 1 aromatic heterocycles. The second-order valence-corrected chi connectivity index (χ2v) is 9.97. The first kappa shape index (κ1) is 25.2. The molecule has 0 unspecified atom stereocenters. The van der Waals surface area contributed by atoms with E-state index in [0.29, 0.717) is 43.9 Å². The van der Waals surface area contributed by atoms with E-state index in [9.17, 15) is 27.6 Å². The summed E-state index contributed by atoms with van der Waals surface area (Å²) in [5.41, 5.74) is -0.600. The van der Waals surface area contributed by atoms with E-state index in [2.05, 4.69) is 5.32 Å². The Bertz CT molecular complexity index is 1030. The normalized spacial score (nSPS) is 18.3. The van der Waals surface area contributed by atoms with Gasteiger partial charge >= 0.3 is 6.18 Å². The predicted octanol–water partition coefficient (Wildman–Crippen LogP) is 4.43. The molecule has 0 aliphatic carbocycles. The number of likely N-dealkylation sites (tertiary alicyclic amines) is 2. The Balaban J connectivity index is 1.42. The minimum atomic E-state index is -4.45. The van der Waals surface area contributed by atoms with Crippen molar-refractivity contribution in [1.82, 2.24) is 15.1 Å². The van der Waals surface area contributed by atoms with E-state index >= 15 is 0 Å². The number of alkyl halides is 3. The Kier molecular flexibility index (Phi) is 7.78. The lowest BCUT2D eigenvalue weighted by Gasteiger charge is -2.38. The van der Waals surface area contributed by atoms with Gasteiger partial charge < -0.3 is 15.1 Å². The molecule has 2 fully saturated rings. The molecule has 2 aromatic rings. The summed E-state index contributed by atoms with van der Waals surface area (Å²) in [5, 5.41) is 4.76. The summed E-state index contributed by atoms with van der Waals surface area (Å²) in [4.78, 5) is 43.0. The first-order chi connectivity index (χ1) is 16.7. The van der Waals surface area contributed by atoms with Crippen LogP contribution in [0.3, 0.4) is 0 Å². The smallest absolute Gasteiger partial charge is 0.341 e. The van der Waals surface area contributed by atoms with Gasteiger partial charge in [0.05, 0.1) is 10.4 Å². The molecule has 0 spiro atoms. The van der Waals surface area contributed by atoms with Gasteiger partial charge in [0, 0.05) is 31.7 Å². The number of piperidine rings is 2. The highest BCUT2D eigenvalue weighted by atomic mass is 32.1. The first-order valence-corrected chi connectivity index (χ1v) is 12.7. The van der Waals surface area contributed by atoms with Gasteiger partial charge in [-0.3, -0.25) is 14.4 Å². The zero-order chi connectivity index (χ0) is 25.0. The molecular formula is C25H28F3N3O3S. The van der Waals surface area contributed by atoms with Crippen molar-refractivity contribution < 1.29 is 27.6 Å². The van der Waals surface area contributed by atoms with Gasteiger partial charge in [0.1, 0.15) is 6.04 Å². The summed E-state index contributed by atoms with van der Waals surface area (Å²) in [6.45, 7) is 2.08. The number of amides is 3. The zero-order valence-corrected chi connectivity index (χ0v) is 20.0. The molecule has 1 aromatic carbocycles. The van der Waals surface area contributed by atoms with Crippen molar-refractivity contribution in [2.45, 2.75) is 44.3 Å². The summed E-state index contributed by atoms with van der Waals surface area (Å²) < 4.78 is 38.5. The maximum atomic E-state index is 13.4. The van der Waals surface area contributed by atoms with Gasteiger partial charge in [0.2, 0.25) is 5.91 Å². The van der Waals surface area contributed by atoms with Gasteiger partial charge in [-0.1, -0.05) is 6.07 Å². The molecule has 2 aliphatic rings. The van der Waals surface area contributed by atoms with Crippen LogP contribution in [0.25, 0.3) is 0 Å². The summed E-state index contributed by atoms with van der Waals surface area (Å²) in [5.74, 6) is -0.829. The van der Waals surface area contributed by atoms with Gasteiger partial charge in [0.15, 0.2) is 0 Å². The van der Waals surface area contributed by atoms with Crippen molar-refractivity contribution >= 4 is 29.1 Å². The van der Waals surface area contributed by atoms with Crippen LogP contribution in [-0.4, -0.2) is 59.7 Å². The molecule has 188 valence electrons. The molecule has 4 rings (SSSR count). The van der Waals surface area contributed by atoms with Gasteiger partial charge in [0.25, 0.3) is 11.8 Å². The van der Waals surface area contributed by atoms with E-state index in [4.69, 9.17) is 0 Å². The van der Waals surface area contributed by atoms with Crippen LogP contribution < -0.4 is 5.32 Å². The number of hydrogen-bond acceptors (Lipinski definition) is 4. The number of nitrogens with one attached hydrogen (secondary N) is 1. The number of carbonyl (C=O) groups is 3. The molecule has 0 saturated carbocycles. The predicted molar refractivity (Wildman–Crippen MR) is 126 cm³/mol. The van der Waals surface area contributed by atoms with Crippen LogP contribution in [0, 0.1) is 5.92 Å². The Morgan fingerprint density at radius 2 is 1.57 bits per heavy atom. The molecule has 2 saturated heterocycles. The number of nitrogens with zero attached hydrogens (tertiary/aromatic N) is 2. The SMILES string of the molecule is O=C(N[C@@H](C(=O)N1CCCCC1)C1CCN(C(=O)c2ccc(C(F)(F)F)cc2)CC1)c1cccs1. The van der Waals surface area contributed by atoms with Gasteiger partial charge in [-0.15, -0.1) is 11.3 Å². The minimum absolute atomic E-state index is 0.0814. The third-order valence-electron chi connectivity index (χ3n) is 6.72. The number of hydrogen-bond donors (Lipinski definition) is 1. The Morgan fingerprint density at radius 3 is 2.14 bits per heavy atom. The van der Waals surface area contributed by atoms with Crippen LogP contribution in [0.5, 0.6) is 0 Å². The molecule has 35 heavy (non-hydrogen) atoms. The molecule has 0 radical (unpaired) electrons. The lowest BCUT2D eigenvalue weighted by atomic mass is 9.87. The fourth-order valence-corrected chi connectivity index (χ4v) is 5.36. The monoisotopic (exact) mass is 507 g/mol. The van der Waals surface area contributed by atoms with Crippen LogP contribution in [0.1, 0.15) is 57.7 Å². The molecule has 1 N–H and O–H groups in total. The maximum Gasteiger partial charge on any atom is 0.416 e. The van der Waals surface area contributed by atoms with E-state index < -0.39 is 17.8 Å². The Morgan fingerprint density at radius 1 is 0.914 bits per heavy atom. The molecule has 0 bridgehead atoms. The van der Waals surface area contributed by atoms with Gasteiger partial charge in [-0.05, 0) is 73.7 Å². The third kappa shape index (κ3) is 6.04. The molecule has 3 heterocycles. The standard InChI is InChI=1S/C25H28F3N3O3S/c26-25(27,28)19-8-6-18(7-9-19)23(33)31-14-10-17(11-15-31)21(24(34)30-12-2-1-3-13-30)29-22(32)20-5-4-16-35-20/h4-9,16-17,21H,1-3,10-15H2,(H,29,32)/t21-/m1/s1. The molecule has 3 amide bonds. The van der Waals surface area contributed by atoms with Crippen LogP contribution in [-0.2, 0) is 11.0 Å². The first-order valence-electron chi connectivity index (χ1n) is 11.8. The van der Waals surface area contributed by atoms with Gasteiger partial charge in [-0.25, -0.2) is 0 Å². The van der Waals surface area contributed by atoms with Crippen molar-refractivity contribution in [3.63, 3.8) is 0 Å². The lowest BCUT2D eigenvalue weighted by molar-refractivity contribution is -0.137. The van der Waals surface area contributed by atoms with Crippen molar-refractivity contribution in [3.8, 4) is 0 Å². The van der Waals surface area contributed by atoms with Crippen LogP contribution in [0.2, 0.25) is 0 Å². The summed E-state index contributed by atoms with van der Waals surface area (Å²) in [7, 11) is 0. The van der Waals surface area contributed by atoms with E-state index in [1.165, 1.54) is 23.5 Å². The summed E-state index contributed by atoms with van der Waals surface area (Å²) in [6, 6.07) is 7.04. The van der Waals surface area contributed by atoms with E-state index in [0.717, 1.165) is 31.4 Å². The zero-order valence-electron chi connectivity index (χ0n) is 19.2. The van der Waals surface area contributed by atoms with Crippen LogP contribution >= 0.6 is 11.3 Å². The number of rotatable bonds is 5. The van der Waals surface area contributed by atoms with Crippen molar-refractivity contribution in [2.75, 3.05) is 26.2 Å². The summed E-state index contributed by atoms with van der Waals surface area (Å²) >= 11 is 1.31. The number of carbonyl (C=O) groups excluding carboxylic acids is 3. The topological polar surface area (TPSA) is 69.7 Å². The molecular weight excluding hydrogens is 479 g/mol. The fourth-order valence-electron chi connectivity index (χ4n) is 4.73. The lowest BCUT2D eigenvalue weighted by Crippen LogP contribution is -2.55. The van der Waals surface area contributed by atoms with Gasteiger partial charge in [-0.2, -0.15) is 13.2 Å². The highest BCUT2D eigenvalue weighted by molar-refractivity contribution is 7.12. The average Bonchev–Trinajstić information content (AvgIpc) is 3.42. The fraction of sp³-hybridized carbons (Fsp3) is 0.480. The Hall–Kier alpha value is -2.88. The quantitative estimate of drug-likeness (QED) is 0.651. The minimum Gasteiger partial charge on any atom is -0.341 e. The molecule has 10 heteroatoms. The second-order valence-electron chi connectivity index (χ2n) is 9.02. The van der Waals surface area contributed by atoms with Crippen LogP contribution in [0.15, 0.2) is 41.8 Å².